The summed E-state index contributed by atoms with van der Waals surface area (Å²) < 4.78 is 6.21. The SMILES string of the molecule is Cc1c[c-]c(-c2ccc(C)cn2)cc1.Cc1ccc2c(-c3cc(-c4[c-]ccc5c4oc4nc(C)ccc45)ncc3C)c(C)ccc2n1.[Ir]. The Kier molecular flexibility index (Phi) is 9.32. The molecule has 0 saturated heterocycles. The van der Waals surface area contributed by atoms with Crippen LogP contribution in [0.4, 0.5) is 0 Å². The van der Waals surface area contributed by atoms with Crippen LogP contribution in [-0.4, -0.2) is 19.9 Å². The van der Waals surface area contributed by atoms with Crippen LogP contribution in [0.5, 0.6) is 0 Å². The van der Waals surface area contributed by atoms with E-state index >= 15 is 0 Å². The Morgan fingerprint density at radius 3 is 2.10 bits per heavy atom. The summed E-state index contributed by atoms with van der Waals surface area (Å²) in [5.74, 6) is 0. The molecule has 0 amide bonds. The number of pyridine rings is 4. The number of aromatic nitrogens is 4. The van der Waals surface area contributed by atoms with E-state index in [4.69, 9.17) is 14.4 Å². The topological polar surface area (TPSA) is 64.7 Å². The normalized spacial score (nSPS) is 11.0. The Bertz CT molecular complexity index is 2370. The summed E-state index contributed by atoms with van der Waals surface area (Å²) in [5.41, 5.74) is 15.1. The molecule has 0 N–H and O–H groups in total. The van der Waals surface area contributed by atoms with Crippen molar-refractivity contribution in [2.75, 3.05) is 0 Å². The van der Waals surface area contributed by atoms with Crippen LogP contribution in [0.15, 0.2) is 102 Å². The predicted molar refractivity (Wildman–Crippen MR) is 191 cm³/mol. The molecule has 3 aromatic carbocycles. The molecule has 48 heavy (non-hydrogen) atoms. The molecule has 5 heterocycles. The van der Waals surface area contributed by atoms with E-state index in [0.29, 0.717) is 5.71 Å². The first kappa shape index (κ1) is 32.9. The Balaban J connectivity index is 0.000000225. The van der Waals surface area contributed by atoms with Gasteiger partial charge in [0, 0.05) is 54.7 Å². The number of aryl methyl sites for hydroxylation is 6. The second-order valence-corrected chi connectivity index (χ2v) is 12.2. The van der Waals surface area contributed by atoms with Crippen LogP contribution >= 0.6 is 0 Å². The van der Waals surface area contributed by atoms with Crippen LogP contribution in [-0.2, 0) is 20.1 Å². The van der Waals surface area contributed by atoms with Crippen molar-refractivity contribution < 1.29 is 24.5 Å². The molecule has 5 nitrogen and oxygen atoms in total. The Labute approximate surface area is 294 Å². The third kappa shape index (κ3) is 6.42. The van der Waals surface area contributed by atoms with Gasteiger partial charge in [-0.3, -0.25) is 4.98 Å². The van der Waals surface area contributed by atoms with Gasteiger partial charge in [0.05, 0.1) is 11.1 Å². The Hall–Kier alpha value is -5.03. The van der Waals surface area contributed by atoms with E-state index in [2.05, 4.69) is 91.4 Å². The molecule has 8 rings (SSSR count). The first-order valence-electron chi connectivity index (χ1n) is 15.7. The summed E-state index contributed by atoms with van der Waals surface area (Å²) in [5, 5.41) is 3.17. The molecule has 8 aromatic rings. The van der Waals surface area contributed by atoms with E-state index < -0.39 is 0 Å². The van der Waals surface area contributed by atoms with E-state index in [1.807, 2.05) is 69.6 Å². The number of nitrogens with zero attached hydrogens (tertiary/aromatic N) is 4. The van der Waals surface area contributed by atoms with Gasteiger partial charge in [-0.05, 0) is 98.1 Å². The number of rotatable bonds is 3. The van der Waals surface area contributed by atoms with E-state index in [-0.39, 0.29) is 20.1 Å². The fraction of sp³-hybridized carbons (Fsp3) is 0.143. The van der Waals surface area contributed by atoms with Gasteiger partial charge in [0.2, 0.25) is 5.71 Å². The predicted octanol–water partition coefficient (Wildman–Crippen LogP) is 10.5. The van der Waals surface area contributed by atoms with Gasteiger partial charge in [-0.2, -0.15) is 0 Å². The zero-order chi connectivity index (χ0) is 32.7. The summed E-state index contributed by atoms with van der Waals surface area (Å²) in [4.78, 5) is 18.4. The first-order valence-corrected chi connectivity index (χ1v) is 15.7. The molecule has 0 atom stereocenters. The van der Waals surface area contributed by atoms with Crippen molar-refractivity contribution in [3.05, 3.63) is 143 Å². The summed E-state index contributed by atoms with van der Waals surface area (Å²) in [6.45, 7) is 12.3. The molecule has 6 heteroatoms. The minimum absolute atomic E-state index is 0. The number of hydrogen-bond acceptors (Lipinski definition) is 5. The molecule has 0 fully saturated rings. The monoisotopic (exact) mass is 803 g/mol. The van der Waals surface area contributed by atoms with E-state index in [9.17, 15) is 0 Å². The zero-order valence-electron chi connectivity index (χ0n) is 27.8. The molecule has 1 radical (unpaired) electrons. The Morgan fingerprint density at radius 1 is 0.604 bits per heavy atom. The molecule has 239 valence electrons. The number of fused-ring (bicyclic) bond motifs is 4. The number of hydrogen-bond donors (Lipinski definition) is 0. The van der Waals surface area contributed by atoms with Gasteiger partial charge in [-0.15, -0.1) is 53.6 Å². The number of furan rings is 1. The molecule has 0 aliphatic carbocycles. The maximum absolute atomic E-state index is 6.21. The van der Waals surface area contributed by atoms with Crippen LogP contribution in [0.25, 0.3) is 66.6 Å². The number of benzene rings is 3. The van der Waals surface area contributed by atoms with Gasteiger partial charge in [-0.25, -0.2) is 4.98 Å². The van der Waals surface area contributed by atoms with Crippen molar-refractivity contribution in [3.8, 4) is 33.6 Å². The molecule has 0 bridgehead atoms. The van der Waals surface area contributed by atoms with Crippen molar-refractivity contribution in [3.63, 3.8) is 0 Å². The standard InChI is InChI=1S/C29H22N3O.C13H12N.Ir/c1-16-8-13-25-22(12-10-18(3)31-25)27(16)24-14-26(30-15-17(24)2)23-7-5-6-20-21-11-9-19(4)32-29(21)33-28(20)23;1-10-3-6-12(7-4-10)13-8-5-11(2)9-14-13;/h5-6,8-15H,1-4H3;3-6,8-9H,1-2H3;/q2*-1;. The second kappa shape index (κ2) is 13.6. The molecule has 0 aliphatic rings. The fourth-order valence-electron chi connectivity index (χ4n) is 5.90. The smallest absolute Gasteiger partial charge is 0.216 e. The first-order chi connectivity index (χ1) is 22.7. The molecule has 0 spiro atoms. The molecular formula is C42H34IrN4O-2. The summed E-state index contributed by atoms with van der Waals surface area (Å²) in [6, 6.07) is 35.4. The molecule has 0 aliphatic heterocycles. The summed E-state index contributed by atoms with van der Waals surface area (Å²) >= 11 is 0. The van der Waals surface area contributed by atoms with Crippen molar-refractivity contribution in [2.45, 2.75) is 41.5 Å². The fourth-order valence-corrected chi connectivity index (χ4v) is 5.90. The van der Waals surface area contributed by atoms with Crippen LogP contribution in [0.2, 0.25) is 0 Å². The third-order valence-corrected chi connectivity index (χ3v) is 8.44. The van der Waals surface area contributed by atoms with E-state index in [1.54, 1.807) is 0 Å². The molecule has 0 saturated carbocycles. The van der Waals surface area contributed by atoms with Gasteiger partial charge >= 0.3 is 0 Å². The van der Waals surface area contributed by atoms with Gasteiger partial charge in [0.15, 0.2) is 0 Å². The zero-order valence-corrected chi connectivity index (χ0v) is 30.2. The van der Waals surface area contributed by atoms with Gasteiger partial charge in [0.1, 0.15) is 0 Å². The average Bonchev–Trinajstić information content (AvgIpc) is 3.44. The van der Waals surface area contributed by atoms with Crippen molar-refractivity contribution in [1.29, 1.82) is 0 Å². The summed E-state index contributed by atoms with van der Waals surface area (Å²) in [6.07, 6.45) is 3.81. The van der Waals surface area contributed by atoms with E-state index in [0.717, 1.165) is 72.3 Å². The van der Waals surface area contributed by atoms with Gasteiger partial charge < -0.3 is 14.4 Å². The van der Waals surface area contributed by atoms with Crippen molar-refractivity contribution in [1.82, 2.24) is 19.9 Å². The summed E-state index contributed by atoms with van der Waals surface area (Å²) in [7, 11) is 0. The maximum atomic E-state index is 6.21. The molecule has 0 unspecified atom stereocenters. The molecular weight excluding hydrogens is 769 g/mol. The largest absolute Gasteiger partial charge is 0.486 e. The minimum atomic E-state index is 0. The van der Waals surface area contributed by atoms with Crippen molar-refractivity contribution >= 4 is 33.0 Å². The third-order valence-electron chi connectivity index (χ3n) is 8.44. The maximum Gasteiger partial charge on any atom is 0.216 e. The average molecular weight is 803 g/mol. The van der Waals surface area contributed by atoms with Crippen LogP contribution < -0.4 is 0 Å². The minimum Gasteiger partial charge on any atom is -0.486 e. The van der Waals surface area contributed by atoms with Gasteiger partial charge in [-0.1, -0.05) is 48.2 Å². The van der Waals surface area contributed by atoms with Crippen molar-refractivity contribution in [2.24, 2.45) is 0 Å². The van der Waals surface area contributed by atoms with Crippen LogP contribution in [0, 0.1) is 53.7 Å². The second-order valence-electron chi connectivity index (χ2n) is 12.2. The van der Waals surface area contributed by atoms with Gasteiger partial charge in [0.25, 0.3) is 0 Å². The quantitative estimate of drug-likeness (QED) is 0.167. The van der Waals surface area contributed by atoms with Crippen LogP contribution in [0.3, 0.4) is 0 Å². The van der Waals surface area contributed by atoms with Crippen LogP contribution in [0.1, 0.15) is 33.6 Å². The Morgan fingerprint density at radius 2 is 1.35 bits per heavy atom. The van der Waals surface area contributed by atoms with E-state index in [1.165, 1.54) is 22.3 Å². The molecule has 5 aromatic heterocycles.